The van der Waals surface area contributed by atoms with Crippen molar-refractivity contribution < 1.29 is 4.79 Å². The van der Waals surface area contributed by atoms with Gasteiger partial charge in [0.05, 0.1) is 5.69 Å². The number of rotatable bonds is 4. The molecule has 1 N–H and O–H groups in total. The van der Waals surface area contributed by atoms with E-state index in [2.05, 4.69) is 25.4 Å². The third-order valence-electron chi connectivity index (χ3n) is 4.01. The summed E-state index contributed by atoms with van der Waals surface area (Å²) in [5, 5.41) is 15.9. The molecule has 0 bridgehead atoms. The minimum Gasteiger partial charge on any atom is -0.346 e. The molecule has 6 nitrogen and oxygen atoms in total. The summed E-state index contributed by atoms with van der Waals surface area (Å²) in [6, 6.07) is 5.90. The Labute approximate surface area is 153 Å². The summed E-state index contributed by atoms with van der Waals surface area (Å²) in [6.07, 6.45) is 1.96. The molecule has 1 aliphatic rings. The van der Waals surface area contributed by atoms with Crippen LogP contribution in [0.2, 0.25) is 0 Å². The summed E-state index contributed by atoms with van der Waals surface area (Å²) < 4.78 is 0. The number of carbonyl (C=O) groups is 1. The van der Waals surface area contributed by atoms with Gasteiger partial charge >= 0.3 is 0 Å². The number of thiazole rings is 1. The number of fused-ring (bicyclic) bond motifs is 1. The lowest BCUT2D eigenvalue weighted by Gasteiger charge is -2.25. The molecule has 128 valence electrons. The van der Waals surface area contributed by atoms with E-state index in [1.807, 2.05) is 35.9 Å². The van der Waals surface area contributed by atoms with E-state index in [1.165, 1.54) is 11.3 Å². The monoisotopic (exact) mass is 371 g/mol. The van der Waals surface area contributed by atoms with Gasteiger partial charge in [-0.25, -0.2) is 4.98 Å². The molecule has 0 unspecified atom stereocenters. The maximum Gasteiger partial charge on any atom is 0.280 e. The highest BCUT2D eigenvalue weighted by molar-refractivity contribution is 7.14. The van der Waals surface area contributed by atoms with Crippen molar-refractivity contribution in [3.63, 3.8) is 0 Å². The highest BCUT2D eigenvalue weighted by Gasteiger charge is 2.26. The first-order valence-electron chi connectivity index (χ1n) is 8.07. The first-order chi connectivity index (χ1) is 12.2. The molecule has 1 aliphatic heterocycles. The number of nitrogens with one attached hydrogen (secondary N) is 1. The van der Waals surface area contributed by atoms with E-state index in [4.69, 9.17) is 0 Å². The first kappa shape index (κ1) is 16.2. The van der Waals surface area contributed by atoms with E-state index < -0.39 is 0 Å². The number of anilines is 2. The molecule has 4 heterocycles. The molecule has 3 aromatic rings. The van der Waals surface area contributed by atoms with Gasteiger partial charge in [-0.1, -0.05) is 0 Å². The Balaban J connectivity index is 1.54. The second-order valence-electron chi connectivity index (χ2n) is 5.87. The molecule has 0 radical (unpaired) electrons. The Bertz CT molecular complexity index is 873. The molecule has 0 saturated carbocycles. The third-order valence-corrected chi connectivity index (χ3v) is 5.84. The summed E-state index contributed by atoms with van der Waals surface area (Å²) in [4.78, 5) is 20.2. The highest BCUT2D eigenvalue weighted by atomic mass is 32.1. The van der Waals surface area contributed by atoms with Crippen LogP contribution in [0, 0.1) is 6.92 Å². The van der Waals surface area contributed by atoms with Gasteiger partial charge in [-0.05, 0) is 54.3 Å². The molecular weight excluding hydrogens is 354 g/mol. The number of thiophene rings is 1. The molecule has 0 fully saturated rings. The summed E-state index contributed by atoms with van der Waals surface area (Å²) in [6.45, 7) is 3.28. The van der Waals surface area contributed by atoms with Crippen molar-refractivity contribution >= 4 is 40.2 Å². The average molecular weight is 371 g/mol. The minimum absolute atomic E-state index is 0.124. The SMILES string of the molecule is Cc1ccc(N2CCCc3sc(C(=O)NCc4ccsc4)nc32)nn1. The second kappa shape index (κ2) is 6.89. The quantitative estimate of drug-likeness (QED) is 0.762. The number of aryl methyl sites for hydroxylation is 2. The fraction of sp³-hybridized carbons (Fsp3) is 0.294. The second-order valence-corrected chi connectivity index (χ2v) is 7.73. The highest BCUT2D eigenvalue weighted by Crippen LogP contribution is 2.35. The minimum atomic E-state index is -0.124. The van der Waals surface area contributed by atoms with E-state index in [0.29, 0.717) is 11.6 Å². The Morgan fingerprint density at radius 1 is 1.32 bits per heavy atom. The lowest BCUT2D eigenvalue weighted by Crippen LogP contribution is -2.26. The van der Waals surface area contributed by atoms with E-state index in [9.17, 15) is 4.79 Å². The molecule has 1 amide bonds. The summed E-state index contributed by atoms with van der Waals surface area (Å²) in [7, 11) is 0. The zero-order chi connectivity index (χ0) is 17.2. The molecule has 25 heavy (non-hydrogen) atoms. The van der Waals surface area contributed by atoms with Crippen LogP contribution in [0.1, 0.15) is 32.4 Å². The topological polar surface area (TPSA) is 71.0 Å². The van der Waals surface area contributed by atoms with Crippen LogP contribution in [0.15, 0.2) is 29.0 Å². The van der Waals surface area contributed by atoms with Crippen molar-refractivity contribution in [3.8, 4) is 0 Å². The Hall–Kier alpha value is -2.32. The lowest BCUT2D eigenvalue weighted by atomic mass is 10.2. The lowest BCUT2D eigenvalue weighted by molar-refractivity contribution is 0.0950. The van der Waals surface area contributed by atoms with Gasteiger partial charge in [0.15, 0.2) is 10.8 Å². The van der Waals surface area contributed by atoms with E-state index in [0.717, 1.165) is 47.2 Å². The van der Waals surface area contributed by atoms with Gasteiger partial charge < -0.3 is 10.2 Å². The maximum atomic E-state index is 12.4. The van der Waals surface area contributed by atoms with Crippen molar-refractivity contribution in [2.45, 2.75) is 26.3 Å². The fourth-order valence-electron chi connectivity index (χ4n) is 2.73. The zero-order valence-corrected chi connectivity index (χ0v) is 15.4. The molecule has 0 aliphatic carbocycles. The molecule has 0 atom stereocenters. The number of amides is 1. The van der Waals surface area contributed by atoms with Crippen molar-refractivity contribution in [1.29, 1.82) is 0 Å². The molecular formula is C17H17N5OS2. The predicted molar refractivity (Wildman–Crippen MR) is 99.7 cm³/mol. The van der Waals surface area contributed by atoms with Crippen molar-refractivity contribution in [1.82, 2.24) is 20.5 Å². The van der Waals surface area contributed by atoms with Crippen LogP contribution in [-0.4, -0.2) is 27.6 Å². The van der Waals surface area contributed by atoms with Crippen molar-refractivity contribution in [2.75, 3.05) is 11.4 Å². The number of hydrogen-bond acceptors (Lipinski definition) is 7. The summed E-state index contributed by atoms with van der Waals surface area (Å²) in [5.74, 6) is 1.50. The molecule has 8 heteroatoms. The Morgan fingerprint density at radius 3 is 3.00 bits per heavy atom. The molecule has 0 saturated heterocycles. The maximum absolute atomic E-state index is 12.4. The van der Waals surface area contributed by atoms with Gasteiger partial charge in [-0.15, -0.1) is 16.4 Å². The summed E-state index contributed by atoms with van der Waals surface area (Å²) >= 11 is 3.10. The zero-order valence-electron chi connectivity index (χ0n) is 13.7. The molecule has 0 aromatic carbocycles. The third kappa shape index (κ3) is 3.40. The van der Waals surface area contributed by atoms with Crippen LogP contribution in [-0.2, 0) is 13.0 Å². The van der Waals surface area contributed by atoms with Gasteiger partial charge in [0.1, 0.15) is 5.82 Å². The normalized spacial score (nSPS) is 13.6. The largest absolute Gasteiger partial charge is 0.346 e. The van der Waals surface area contributed by atoms with Crippen LogP contribution >= 0.6 is 22.7 Å². The molecule has 0 spiro atoms. The van der Waals surface area contributed by atoms with Crippen LogP contribution in [0.5, 0.6) is 0 Å². The van der Waals surface area contributed by atoms with Gasteiger partial charge in [0.2, 0.25) is 0 Å². The van der Waals surface area contributed by atoms with Gasteiger partial charge in [-0.2, -0.15) is 16.4 Å². The average Bonchev–Trinajstić information content (AvgIpc) is 3.29. The molecule has 4 rings (SSSR count). The van der Waals surface area contributed by atoms with Crippen LogP contribution in [0.25, 0.3) is 0 Å². The van der Waals surface area contributed by atoms with Crippen LogP contribution in [0.3, 0.4) is 0 Å². The van der Waals surface area contributed by atoms with Crippen LogP contribution < -0.4 is 10.2 Å². The Morgan fingerprint density at radius 2 is 2.24 bits per heavy atom. The van der Waals surface area contributed by atoms with Crippen LogP contribution in [0.4, 0.5) is 11.6 Å². The predicted octanol–water partition coefficient (Wildman–Crippen LogP) is 3.32. The number of nitrogens with zero attached hydrogens (tertiary/aromatic N) is 4. The van der Waals surface area contributed by atoms with Crippen molar-refractivity contribution in [3.05, 3.63) is 50.1 Å². The number of carbonyl (C=O) groups excluding carboxylic acids is 1. The van der Waals surface area contributed by atoms with E-state index in [-0.39, 0.29) is 5.91 Å². The molecule has 3 aromatic heterocycles. The van der Waals surface area contributed by atoms with Gasteiger partial charge in [0.25, 0.3) is 5.91 Å². The standard InChI is InChI=1S/C17H17N5OS2/c1-11-4-5-14(21-20-11)22-7-2-3-13-15(22)19-17(25-13)16(23)18-9-12-6-8-24-10-12/h4-6,8,10H,2-3,7,9H2,1H3,(H,18,23). The first-order valence-corrected chi connectivity index (χ1v) is 9.83. The smallest absolute Gasteiger partial charge is 0.280 e. The van der Waals surface area contributed by atoms with E-state index >= 15 is 0 Å². The van der Waals surface area contributed by atoms with Gasteiger partial charge in [0, 0.05) is 18.0 Å². The summed E-state index contributed by atoms with van der Waals surface area (Å²) in [5.41, 5.74) is 1.99. The van der Waals surface area contributed by atoms with E-state index in [1.54, 1.807) is 11.3 Å². The van der Waals surface area contributed by atoms with Gasteiger partial charge in [-0.3, -0.25) is 4.79 Å². The number of aromatic nitrogens is 3. The Kier molecular flexibility index (Phi) is 4.46. The number of hydrogen-bond donors (Lipinski definition) is 1. The fourth-order valence-corrected chi connectivity index (χ4v) is 4.42. The van der Waals surface area contributed by atoms with Crippen molar-refractivity contribution in [2.24, 2.45) is 0 Å².